The minimum Gasteiger partial charge on any atom is -0.339 e. The molecule has 13 heavy (non-hydrogen) atoms. The minimum atomic E-state index is -0.995. The summed E-state index contributed by atoms with van der Waals surface area (Å²) in [5.74, 6) is -0.107. The number of hydrogen-bond donors (Lipinski definition) is 0. The summed E-state index contributed by atoms with van der Waals surface area (Å²) in [5.41, 5.74) is -0.995. The van der Waals surface area contributed by atoms with E-state index in [-0.39, 0.29) is 10.6 Å². The Balaban J connectivity index is 2.95. The van der Waals surface area contributed by atoms with Crippen molar-refractivity contribution < 1.29 is 5.03 Å². The van der Waals surface area contributed by atoms with Crippen molar-refractivity contribution in [2.24, 2.45) is 0 Å². The Kier molecular flexibility index (Phi) is 1.32. The number of rotatable bonds is 1. The summed E-state index contributed by atoms with van der Waals surface area (Å²) in [6.45, 7) is 0. The van der Waals surface area contributed by atoms with Crippen LogP contribution in [0.5, 0.6) is 0 Å². The molecule has 0 aliphatic heterocycles. The van der Waals surface area contributed by atoms with Crippen LogP contribution in [0.15, 0.2) is 17.2 Å². The lowest BCUT2D eigenvalue weighted by Crippen LogP contribution is -2.27. The van der Waals surface area contributed by atoms with Crippen molar-refractivity contribution in [2.75, 3.05) is 0 Å². The molecule has 0 aliphatic carbocycles. The third kappa shape index (κ3) is 0.937. The van der Waals surface area contributed by atoms with Gasteiger partial charge in [-0.15, -0.1) is 10.1 Å². The fourth-order valence-corrected chi connectivity index (χ4v) is 0.883. The molecule has 0 bridgehead atoms. The van der Waals surface area contributed by atoms with Crippen molar-refractivity contribution in [1.82, 2.24) is 24.5 Å². The summed E-state index contributed by atoms with van der Waals surface area (Å²) in [7, 11) is 0. The first kappa shape index (κ1) is 7.34. The van der Waals surface area contributed by atoms with Crippen molar-refractivity contribution in [3.8, 4) is 0 Å². The summed E-state index contributed by atoms with van der Waals surface area (Å²) >= 11 is 0. The molecule has 0 N–H and O–H groups in total. The fraction of sp³-hybridized carbons (Fsp3) is 0. The summed E-state index contributed by atoms with van der Waals surface area (Å²) in [4.78, 5) is 24.8. The van der Waals surface area contributed by atoms with E-state index in [1.165, 1.54) is 12.4 Å². The van der Waals surface area contributed by atoms with Gasteiger partial charge in [0, 0.05) is 0 Å². The molecular weight excluding hydrogens is 180 g/mol. The first-order valence-corrected chi connectivity index (χ1v) is 3.14. The molecule has 2 heterocycles. The van der Waals surface area contributed by atoms with Crippen LogP contribution >= 0.6 is 0 Å². The first-order valence-electron chi connectivity index (χ1n) is 3.14. The first-order chi connectivity index (χ1) is 6.20. The van der Waals surface area contributed by atoms with Crippen LogP contribution in [0.25, 0.3) is 5.78 Å². The van der Waals surface area contributed by atoms with Crippen LogP contribution < -0.4 is 5.69 Å². The lowest BCUT2D eigenvalue weighted by atomic mass is 10.9. The van der Waals surface area contributed by atoms with Crippen molar-refractivity contribution in [1.29, 1.82) is 0 Å². The quantitative estimate of drug-likeness (QED) is 0.385. The fourth-order valence-electron chi connectivity index (χ4n) is 0.883. The van der Waals surface area contributed by atoms with Crippen molar-refractivity contribution in [2.45, 2.75) is 0 Å². The predicted octanol–water partition coefficient (Wildman–Crippen LogP) is -1.67. The highest BCUT2D eigenvalue weighted by molar-refractivity contribution is 5.20. The van der Waals surface area contributed by atoms with E-state index in [2.05, 4.69) is 15.2 Å². The standard InChI is InChI=1S/C4H2N6O3/c11-4-6-3-7-5-1-2-8(3)9(4)10(12)13/h1-2H. The maximum absolute atomic E-state index is 10.9. The molecule has 0 radical (unpaired) electrons. The summed E-state index contributed by atoms with van der Waals surface area (Å²) in [5, 5.41) is 16.3. The van der Waals surface area contributed by atoms with Crippen molar-refractivity contribution >= 4 is 5.78 Å². The van der Waals surface area contributed by atoms with Crippen LogP contribution in [0.2, 0.25) is 0 Å². The van der Waals surface area contributed by atoms with Gasteiger partial charge in [-0.1, -0.05) is 9.61 Å². The van der Waals surface area contributed by atoms with Gasteiger partial charge >= 0.3 is 11.5 Å². The average molecular weight is 182 g/mol. The van der Waals surface area contributed by atoms with Gasteiger partial charge in [-0.2, -0.15) is 0 Å². The van der Waals surface area contributed by atoms with Gasteiger partial charge in [-0.3, -0.25) is 0 Å². The molecule has 0 fully saturated rings. The molecule has 66 valence electrons. The summed E-state index contributed by atoms with van der Waals surface area (Å²) < 4.78 is 0.898. The van der Waals surface area contributed by atoms with E-state index in [0.29, 0.717) is 0 Å². The second kappa shape index (κ2) is 2.33. The lowest BCUT2D eigenvalue weighted by Gasteiger charge is -1.91. The molecule has 9 heteroatoms. The molecule has 0 spiro atoms. The Morgan fingerprint density at radius 1 is 1.54 bits per heavy atom. The largest absolute Gasteiger partial charge is 0.429 e. The molecule has 2 rings (SSSR count). The van der Waals surface area contributed by atoms with Crippen molar-refractivity contribution in [3.05, 3.63) is 33.0 Å². The second-order valence-electron chi connectivity index (χ2n) is 2.08. The Hall–Kier alpha value is -2.32. The van der Waals surface area contributed by atoms with Crippen LogP contribution in [0.1, 0.15) is 0 Å². The molecule has 9 nitrogen and oxygen atoms in total. The normalized spacial score (nSPS) is 10.5. The molecule has 0 amide bonds. The number of nitro groups is 1. The second-order valence-corrected chi connectivity index (χ2v) is 2.08. The summed E-state index contributed by atoms with van der Waals surface area (Å²) in [6.07, 6.45) is 2.44. The SMILES string of the molecule is O=c1nc2nnccn2n1[N+](=O)[O-]. The van der Waals surface area contributed by atoms with Gasteiger partial charge < -0.3 is 10.1 Å². The van der Waals surface area contributed by atoms with Crippen LogP contribution in [-0.2, 0) is 0 Å². The van der Waals surface area contributed by atoms with Gasteiger partial charge in [0.15, 0.2) is 0 Å². The van der Waals surface area contributed by atoms with Crippen LogP contribution in [0.3, 0.4) is 0 Å². The Morgan fingerprint density at radius 3 is 3.00 bits per heavy atom. The molecule has 0 aromatic carbocycles. The maximum Gasteiger partial charge on any atom is 0.429 e. The van der Waals surface area contributed by atoms with Gasteiger partial charge in [0.25, 0.3) is 0 Å². The maximum atomic E-state index is 10.9. The zero-order chi connectivity index (χ0) is 9.42. The van der Waals surface area contributed by atoms with E-state index in [9.17, 15) is 14.9 Å². The van der Waals surface area contributed by atoms with E-state index in [1.54, 1.807) is 0 Å². The van der Waals surface area contributed by atoms with Gasteiger partial charge in [0.2, 0.25) is 0 Å². The van der Waals surface area contributed by atoms with Crippen LogP contribution in [0, 0.1) is 10.1 Å². The van der Waals surface area contributed by atoms with Crippen molar-refractivity contribution in [3.63, 3.8) is 0 Å². The molecular formula is C4H2N6O3. The number of nitrogens with zero attached hydrogens (tertiary/aromatic N) is 6. The van der Waals surface area contributed by atoms with Gasteiger partial charge in [-0.25, -0.2) is 4.79 Å². The monoisotopic (exact) mass is 182 g/mol. The number of fused-ring (bicyclic) bond motifs is 1. The van der Waals surface area contributed by atoms with Crippen LogP contribution in [-0.4, -0.2) is 29.5 Å². The summed E-state index contributed by atoms with van der Waals surface area (Å²) in [6, 6.07) is 0. The van der Waals surface area contributed by atoms with Gasteiger partial charge in [0.1, 0.15) is 6.20 Å². The molecule has 0 unspecified atom stereocenters. The molecule has 2 aromatic heterocycles. The van der Waals surface area contributed by atoms with Crippen LogP contribution in [0.4, 0.5) is 0 Å². The number of aromatic nitrogens is 5. The highest BCUT2D eigenvalue weighted by Crippen LogP contribution is 1.88. The molecule has 0 aliphatic rings. The molecule has 0 saturated carbocycles. The predicted molar refractivity (Wildman–Crippen MR) is 37.4 cm³/mol. The van der Waals surface area contributed by atoms with E-state index >= 15 is 0 Å². The van der Waals surface area contributed by atoms with E-state index in [4.69, 9.17) is 0 Å². The molecule has 0 saturated heterocycles. The third-order valence-corrected chi connectivity index (χ3v) is 1.35. The molecule has 2 aromatic rings. The lowest BCUT2D eigenvalue weighted by molar-refractivity contribution is -0.558. The van der Waals surface area contributed by atoms with E-state index < -0.39 is 10.7 Å². The van der Waals surface area contributed by atoms with Gasteiger partial charge in [0.05, 0.1) is 16.0 Å². The zero-order valence-electron chi connectivity index (χ0n) is 6.06. The Morgan fingerprint density at radius 2 is 2.31 bits per heavy atom. The Bertz CT molecular complexity index is 526. The third-order valence-electron chi connectivity index (χ3n) is 1.35. The Labute approximate surface area is 69.4 Å². The highest BCUT2D eigenvalue weighted by Gasteiger charge is 2.15. The zero-order valence-corrected chi connectivity index (χ0v) is 6.06. The highest BCUT2D eigenvalue weighted by atomic mass is 16.7. The minimum absolute atomic E-state index is 0.107. The number of hydrogen-bond acceptors (Lipinski definition) is 6. The van der Waals surface area contributed by atoms with Gasteiger partial charge in [-0.05, 0) is 0 Å². The van der Waals surface area contributed by atoms with E-state index in [0.717, 1.165) is 4.52 Å². The van der Waals surface area contributed by atoms with E-state index in [1.807, 2.05) is 0 Å². The molecule has 0 atom stereocenters. The average Bonchev–Trinajstić information content (AvgIpc) is 2.39. The smallest absolute Gasteiger partial charge is 0.339 e. The topological polar surface area (TPSA) is 108 Å².